The Hall–Kier alpha value is -2.99. The topological polar surface area (TPSA) is 59.4 Å². The van der Waals surface area contributed by atoms with Gasteiger partial charge in [-0.15, -0.1) is 0 Å². The predicted molar refractivity (Wildman–Crippen MR) is 120 cm³/mol. The van der Waals surface area contributed by atoms with Gasteiger partial charge < -0.3 is 19.5 Å². The first-order chi connectivity index (χ1) is 14.5. The molecule has 3 heterocycles. The summed E-state index contributed by atoms with van der Waals surface area (Å²) in [5, 5.41) is 3.44. The number of carbonyl (C=O) groups is 1. The van der Waals surface area contributed by atoms with E-state index in [-0.39, 0.29) is 5.91 Å². The van der Waals surface area contributed by atoms with Crippen molar-refractivity contribution in [2.75, 3.05) is 30.4 Å². The molecule has 1 aliphatic rings. The van der Waals surface area contributed by atoms with Crippen LogP contribution in [0, 0.1) is 13.8 Å². The van der Waals surface area contributed by atoms with E-state index in [0.717, 1.165) is 36.0 Å². The van der Waals surface area contributed by atoms with Crippen molar-refractivity contribution in [3.63, 3.8) is 0 Å². The van der Waals surface area contributed by atoms with Gasteiger partial charge in [0.1, 0.15) is 11.6 Å². The molecule has 1 N–H and O–H groups in total. The van der Waals surface area contributed by atoms with E-state index in [4.69, 9.17) is 16.3 Å². The zero-order chi connectivity index (χ0) is 21.3. The molecule has 0 bridgehead atoms. The van der Waals surface area contributed by atoms with Gasteiger partial charge in [0, 0.05) is 29.5 Å². The van der Waals surface area contributed by atoms with Gasteiger partial charge in [-0.2, -0.15) is 0 Å². The quantitative estimate of drug-likeness (QED) is 0.625. The fraction of sp³-hybridized carbons (Fsp3) is 0.304. The van der Waals surface area contributed by atoms with E-state index in [1.54, 1.807) is 25.3 Å². The van der Waals surface area contributed by atoms with Crippen molar-refractivity contribution >= 4 is 29.0 Å². The first-order valence-electron chi connectivity index (χ1n) is 10.0. The van der Waals surface area contributed by atoms with Crippen molar-refractivity contribution in [3.8, 4) is 11.4 Å². The van der Waals surface area contributed by atoms with Gasteiger partial charge in [-0.25, -0.2) is 4.98 Å². The zero-order valence-corrected chi connectivity index (χ0v) is 18.2. The maximum Gasteiger partial charge on any atom is 0.257 e. The number of nitrogens with one attached hydrogen (secondary N) is 1. The Balaban J connectivity index is 1.60. The lowest BCUT2D eigenvalue weighted by Crippen LogP contribution is -2.18. The zero-order valence-electron chi connectivity index (χ0n) is 17.4. The molecule has 4 rings (SSSR count). The van der Waals surface area contributed by atoms with Gasteiger partial charge in [0.25, 0.3) is 5.91 Å². The number of methoxy groups -OCH3 is 1. The van der Waals surface area contributed by atoms with Crippen LogP contribution in [-0.4, -0.2) is 35.7 Å². The van der Waals surface area contributed by atoms with Gasteiger partial charge in [0.05, 0.1) is 30.2 Å². The fourth-order valence-corrected chi connectivity index (χ4v) is 4.17. The maximum absolute atomic E-state index is 13.0. The highest BCUT2D eigenvalue weighted by atomic mass is 35.5. The van der Waals surface area contributed by atoms with E-state index in [0.29, 0.717) is 22.0 Å². The highest BCUT2D eigenvalue weighted by Gasteiger charge is 2.19. The van der Waals surface area contributed by atoms with Gasteiger partial charge >= 0.3 is 0 Å². The summed E-state index contributed by atoms with van der Waals surface area (Å²) in [5.41, 5.74) is 3.88. The van der Waals surface area contributed by atoms with Crippen LogP contribution < -0.4 is 15.0 Å². The van der Waals surface area contributed by atoms with Gasteiger partial charge in [-0.3, -0.25) is 4.79 Å². The number of rotatable bonds is 5. The molecular weight excluding hydrogens is 400 g/mol. The molecule has 0 saturated carbocycles. The summed E-state index contributed by atoms with van der Waals surface area (Å²) in [7, 11) is 1.56. The van der Waals surface area contributed by atoms with Crippen molar-refractivity contribution in [1.82, 2.24) is 9.55 Å². The number of benzene rings is 1. The van der Waals surface area contributed by atoms with Gasteiger partial charge in [-0.05, 0) is 63.1 Å². The molecular formula is C23H25ClN4O2. The van der Waals surface area contributed by atoms with Gasteiger partial charge in [0.15, 0.2) is 0 Å². The van der Waals surface area contributed by atoms with E-state index in [2.05, 4.69) is 27.3 Å². The molecule has 7 heteroatoms. The van der Waals surface area contributed by atoms with Crippen LogP contribution in [0.2, 0.25) is 5.02 Å². The van der Waals surface area contributed by atoms with Crippen LogP contribution >= 0.6 is 11.6 Å². The fourth-order valence-electron chi connectivity index (χ4n) is 4.00. The minimum atomic E-state index is -0.212. The maximum atomic E-state index is 13.0. The summed E-state index contributed by atoms with van der Waals surface area (Å²) < 4.78 is 7.37. The summed E-state index contributed by atoms with van der Waals surface area (Å²) in [6, 6.07) is 11.1. The summed E-state index contributed by atoms with van der Waals surface area (Å²) in [4.78, 5) is 19.9. The molecule has 0 unspecified atom stereocenters. The van der Waals surface area contributed by atoms with Crippen LogP contribution in [-0.2, 0) is 0 Å². The molecule has 156 valence electrons. The van der Waals surface area contributed by atoms with Crippen LogP contribution in [0.3, 0.4) is 0 Å². The molecule has 1 aliphatic heterocycles. The molecule has 2 aromatic heterocycles. The van der Waals surface area contributed by atoms with Crippen molar-refractivity contribution in [2.45, 2.75) is 26.7 Å². The Bertz CT molecular complexity index is 1070. The standard InChI is InChI=1S/C23H25ClN4O2/c1-15-12-19(23(29)26-20-13-17(24)6-8-21(20)30-3)16(2)28(15)18-7-9-22(25-14-18)27-10-4-5-11-27/h6-9,12-14H,4-5,10-11H2,1-3H3,(H,26,29). The summed E-state index contributed by atoms with van der Waals surface area (Å²) in [6.45, 7) is 6.04. The molecule has 6 nitrogen and oxygen atoms in total. The van der Waals surface area contributed by atoms with Crippen molar-refractivity contribution in [2.24, 2.45) is 0 Å². The van der Waals surface area contributed by atoms with E-state index >= 15 is 0 Å². The SMILES string of the molecule is COc1ccc(Cl)cc1NC(=O)c1cc(C)n(-c2ccc(N3CCCC3)nc2)c1C. The van der Waals surface area contributed by atoms with E-state index in [1.807, 2.05) is 30.7 Å². The second kappa shape index (κ2) is 8.40. The number of anilines is 2. The minimum absolute atomic E-state index is 0.212. The first kappa shape index (κ1) is 20.3. The second-order valence-electron chi connectivity index (χ2n) is 7.49. The van der Waals surface area contributed by atoms with Gasteiger partial charge in [-0.1, -0.05) is 11.6 Å². The van der Waals surface area contributed by atoms with E-state index < -0.39 is 0 Å². The van der Waals surface area contributed by atoms with Crippen LogP contribution in [0.5, 0.6) is 5.75 Å². The lowest BCUT2D eigenvalue weighted by molar-refractivity contribution is 0.102. The Morgan fingerprint density at radius 1 is 1.13 bits per heavy atom. The molecule has 1 amide bonds. The van der Waals surface area contributed by atoms with Crippen LogP contribution in [0.15, 0.2) is 42.6 Å². The number of amides is 1. The average Bonchev–Trinajstić information content (AvgIpc) is 3.37. The van der Waals surface area contributed by atoms with Crippen LogP contribution in [0.1, 0.15) is 34.6 Å². The number of aromatic nitrogens is 2. The number of pyridine rings is 1. The smallest absolute Gasteiger partial charge is 0.257 e. The van der Waals surface area contributed by atoms with Crippen molar-refractivity contribution in [1.29, 1.82) is 0 Å². The predicted octanol–water partition coefficient (Wildman–Crippen LogP) is 5.00. The number of hydrogen-bond acceptors (Lipinski definition) is 4. The molecule has 1 fully saturated rings. The highest BCUT2D eigenvalue weighted by Crippen LogP contribution is 2.29. The number of hydrogen-bond donors (Lipinski definition) is 1. The Morgan fingerprint density at radius 3 is 2.57 bits per heavy atom. The minimum Gasteiger partial charge on any atom is -0.495 e. The highest BCUT2D eigenvalue weighted by molar-refractivity contribution is 6.31. The molecule has 0 atom stereocenters. The van der Waals surface area contributed by atoms with Crippen molar-refractivity contribution < 1.29 is 9.53 Å². The van der Waals surface area contributed by atoms with E-state index in [1.165, 1.54) is 12.8 Å². The Labute approximate surface area is 181 Å². The normalized spacial score (nSPS) is 13.5. The molecule has 3 aromatic rings. The lowest BCUT2D eigenvalue weighted by Gasteiger charge is -2.17. The van der Waals surface area contributed by atoms with Crippen molar-refractivity contribution in [3.05, 3.63) is 64.6 Å². The second-order valence-corrected chi connectivity index (χ2v) is 7.92. The number of carbonyl (C=O) groups excluding carboxylic acids is 1. The van der Waals surface area contributed by atoms with Crippen LogP contribution in [0.25, 0.3) is 5.69 Å². The van der Waals surface area contributed by atoms with Gasteiger partial charge in [0.2, 0.25) is 0 Å². The molecule has 1 aromatic carbocycles. The number of ether oxygens (including phenoxy) is 1. The Kier molecular flexibility index (Phi) is 5.68. The van der Waals surface area contributed by atoms with Crippen LogP contribution in [0.4, 0.5) is 11.5 Å². The summed E-state index contributed by atoms with van der Waals surface area (Å²) >= 11 is 6.08. The molecule has 0 spiro atoms. The molecule has 0 radical (unpaired) electrons. The lowest BCUT2D eigenvalue weighted by atomic mass is 10.2. The monoisotopic (exact) mass is 424 g/mol. The Morgan fingerprint density at radius 2 is 1.90 bits per heavy atom. The third-order valence-electron chi connectivity index (χ3n) is 5.51. The molecule has 1 saturated heterocycles. The summed E-state index contributed by atoms with van der Waals surface area (Å²) in [5.74, 6) is 1.35. The molecule has 30 heavy (non-hydrogen) atoms. The number of aryl methyl sites for hydroxylation is 1. The third-order valence-corrected chi connectivity index (χ3v) is 5.74. The largest absolute Gasteiger partial charge is 0.495 e. The summed E-state index contributed by atoms with van der Waals surface area (Å²) in [6.07, 6.45) is 4.31. The number of halogens is 1. The van der Waals surface area contributed by atoms with E-state index in [9.17, 15) is 4.79 Å². The average molecular weight is 425 g/mol. The first-order valence-corrected chi connectivity index (χ1v) is 10.4. The third kappa shape index (κ3) is 3.87. The number of nitrogens with zero attached hydrogens (tertiary/aromatic N) is 3. The molecule has 0 aliphatic carbocycles.